The van der Waals surface area contributed by atoms with Crippen molar-refractivity contribution < 1.29 is 9.59 Å². The van der Waals surface area contributed by atoms with E-state index in [4.69, 9.17) is 5.73 Å². The van der Waals surface area contributed by atoms with E-state index in [0.717, 1.165) is 18.1 Å². The van der Waals surface area contributed by atoms with Crippen molar-refractivity contribution in [3.05, 3.63) is 0 Å². The van der Waals surface area contributed by atoms with Gasteiger partial charge >= 0.3 is 0 Å². The number of amides is 2. The van der Waals surface area contributed by atoms with Crippen LogP contribution in [0.2, 0.25) is 0 Å². The first-order chi connectivity index (χ1) is 9.58. The molecule has 7 heteroatoms. The average Bonchev–Trinajstić information content (AvgIpc) is 2.86. The molecule has 1 fully saturated rings. The van der Waals surface area contributed by atoms with E-state index >= 15 is 0 Å². The molecule has 0 aromatic carbocycles. The zero-order chi connectivity index (χ0) is 14.8. The van der Waals surface area contributed by atoms with Crippen LogP contribution in [0, 0.1) is 0 Å². The molecule has 1 aliphatic heterocycles. The summed E-state index contributed by atoms with van der Waals surface area (Å²) in [6.07, 6.45) is 5.24. The average molecular weight is 319 g/mol. The van der Waals surface area contributed by atoms with E-state index in [1.807, 2.05) is 28.6 Å². The molecule has 1 aliphatic rings. The lowest BCUT2D eigenvalue weighted by atomic mass is 10.1. The summed E-state index contributed by atoms with van der Waals surface area (Å²) in [5.41, 5.74) is 5.09. The maximum Gasteiger partial charge on any atom is 0.231 e. The number of unbranched alkanes of at least 4 members (excludes halogenated alkanes) is 1. The van der Waals surface area contributed by atoms with Crippen LogP contribution < -0.4 is 11.1 Å². The summed E-state index contributed by atoms with van der Waals surface area (Å²) < 4.78 is 0. The quantitative estimate of drug-likeness (QED) is 0.468. The largest absolute Gasteiger partial charge is 0.369 e. The molecule has 0 saturated carbocycles. The molecule has 5 nitrogen and oxygen atoms in total. The van der Waals surface area contributed by atoms with Gasteiger partial charge in [-0.05, 0) is 26.3 Å². The summed E-state index contributed by atoms with van der Waals surface area (Å²) >= 11 is 0. The summed E-state index contributed by atoms with van der Waals surface area (Å²) in [6.45, 7) is 1.44. The third kappa shape index (κ3) is 8.71. The predicted octanol–water partition coefficient (Wildman–Crippen LogP) is 1.23. The van der Waals surface area contributed by atoms with Crippen LogP contribution in [0.4, 0.5) is 0 Å². The molecule has 116 valence electrons. The monoisotopic (exact) mass is 319 g/mol. The number of nitrogens with zero attached hydrogens (tertiary/aromatic N) is 1. The second-order valence-electron chi connectivity index (χ2n) is 5.13. The van der Waals surface area contributed by atoms with E-state index in [2.05, 4.69) is 5.32 Å². The zero-order valence-electron chi connectivity index (χ0n) is 12.1. The molecule has 0 aliphatic carbocycles. The van der Waals surface area contributed by atoms with Gasteiger partial charge in [0, 0.05) is 30.5 Å². The van der Waals surface area contributed by atoms with Crippen molar-refractivity contribution >= 4 is 33.4 Å². The molecule has 0 aromatic heterocycles. The maximum absolute atomic E-state index is 11.6. The Hall–Kier alpha value is -0.400. The van der Waals surface area contributed by atoms with E-state index in [-0.39, 0.29) is 18.4 Å². The van der Waals surface area contributed by atoms with Crippen molar-refractivity contribution in [2.45, 2.75) is 37.4 Å². The number of rotatable bonds is 10. The number of nitrogens with two attached hydrogens (primary N) is 1. The minimum Gasteiger partial charge on any atom is -0.369 e. The summed E-state index contributed by atoms with van der Waals surface area (Å²) in [5.74, 6) is 1.03. The Morgan fingerprint density at radius 1 is 1.40 bits per heavy atom. The molecular formula is C13H25N3O2S2. The standard InChI is InChI=1S/C13H25N3O2S2/c1-16(10-12(14)17)8-7-15-13(18)5-3-2-4-11-6-9-19-20-11/h11H,2-10H2,1H3,(H2,14,17)(H,15,18)/t11-/m1/s1. The number of primary amides is 1. The highest BCUT2D eigenvalue weighted by atomic mass is 33.1. The van der Waals surface area contributed by atoms with Gasteiger partial charge in [0.05, 0.1) is 6.54 Å². The minimum atomic E-state index is -0.346. The Bertz CT molecular complexity index is 310. The first-order valence-electron chi connectivity index (χ1n) is 7.09. The van der Waals surface area contributed by atoms with Crippen LogP contribution in [0.15, 0.2) is 0 Å². The van der Waals surface area contributed by atoms with Crippen molar-refractivity contribution in [1.82, 2.24) is 10.2 Å². The lowest BCUT2D eigenvalue weighted by molar-refractivity contribution is -0.121. The Morgan fingerprint density at radius 3 is 2.85 bits per heavy atom. The molecule has 1 heterocycles. The summed E-state index contributed by atoms with van der Waals surface area (Å²) in [5, 5.41) is 3.67. The number of likely N-dealkylation sites (N-methyl/N-ethyl adjacent to an activating group) is 1. The zero-order valence-corrected chi connectivity index (χ0v) is 13.7. The van der Waals surface area contributed by atoms with E-state index in [1.165, 1.54) is 18.6 Å². The lowest BCUT2D eigenvalue weighted by Gasteiger charge is -2.14. The van der Waals surface area contributed by atoms with Crippen LogP contribution in [0.1, 0.15) is 32.1 Å². The molecule has 0 aromatic rings. The number of carbonyl (C=O) groups excluding carboxylic acids is 2. The first kappa shape index (κ1) is 17.7. The lowest BCUT2D eigenvalue weighted by Crippen LogP contribution is -2.37. The van der Waals surface area contributed by atoms with Gasteiger partial charge in [-0.25, -0.2) is 0 Å². The minimum absolute atomic E-state index is 0.103. The molecule has 1 atom stereocenters. The molecule has 3 N–H and O–H groups in total. The van der Waals surface area contributed by atoms with Gasteiger partial charge in [0.15, 0.2) is 0 Å². The number of nitrogens with one attached hydrogen (secondary N) is 1. The van der Waals surface area contributed by atoms with E-state index in [0.29, 0.717) is 19.5 Å². The summed E-state index contributed by atoms with van der Waals surface area (Å²) in [6, 6.07) is 0. The highest BCUT2D eigenvalue weighted by Gasteiger charge is 2.15. The van der Waals surface area contributed by atoms with Crippen molar-refractivity contribution in [1.29, 1.82) is 0 Å². The van der Waals surface area contributed by atoms with Crippen molar-refractivity contribution in [3.63, 3.8) is 0 Å². The molecule has 0 bridgehead atoms. The van der Waals surface area contributed by atoms with Crippen molar-refractivity contribution in [3.8, 4) is 0 Å². The fourth-order valence-electron chi connectivity index (χ4n) is 2.04. The topological polar surface area (TPSA) is 75.4 Å². The molecule has 1 rings (SSSR count). The number of hydrogen-bond acceptors (Lipinski definition) is 5. The molecule has 0 spiro atoms. The second kappa shape index (κ2) is 10.3. The van der Waals surface area contributed by atoms with Crippen LogP contribution in [-0.4, -0.2) is 54.4 Å². The first-order valence-corrected chi connectivity index (χ1v) is 9.48. The van der Waals surface area contributed by atoms with Gasteiger partial charge in [0.1, 0.15) is 0 Å². The van der Waals surface area contributed by atoms with Gasteiger partial charge in [0.25, 0.3) is 0 Å². The third-order valence-corrected chi connectivity index (χ3v) is 6.16. The van der Waals surface area contributed by atoms with Crippen LogP contribution in [0.25, 0.3) is 0 Å². The maximum atomic E-state index is 11.6. The molecule has 20 heavy (non-hydrogen) atoms. The molecular weight excluding hydrogens is 294 g/mol. The van der Waals surface area contributed by atoms with Gasteiger partial charge in [-0.15, -0.1) is 0 Å². The highest BCUT2D eigenvalue weighted by Crippen LogP contribution is 2.39. The van der Waals surface area contributed by atoms with E-state index < -0.39 is 0 Å². The van der Waals surface area contributed by atoms with E-state index in [9.17, 15) is 9.59 Å². The normalized spacial score (nSPS) is 18.4. The third-order valence-electron chi connectivity index (χ3n) is 3.15. The Labute approximate surface area is 129 Å². The van der Waals surface area contributed by atoms with Gasteiger partial charge < -0.3 is 11.1 Å². The Morgan fingerprint density at radius 2 is 2.20 bits per heavy atom. The van der Waals surface area contributed by atoms with Crippen LogP contribution >= 0.6 is 21.6 Å². The van der Waals surface area contributed by atoms with Gasteiger partial charge in [-0.3, -0.25) is 14.5 Å². The van der Waals surface area contributed by atoms with Crippen molar-refractivity contribution in [2.75, 3.05) is 32.4 Å². The molecule has 0 unspecified atom stereocenters. The van der Waals surface area contributed by atoms with Gasteiger partial charge in [-0.1, -0.05) is 28.0 Å². The number of hydrogen-bond donors (Lipinski definition) is 2. The van der Waals surface area contributed by atoms with Gasteiger partial charge in [-0.2, -0.15) is 0 Å². The molecule has 1 saturated heterocycles. The Kier molecular flexibility index (Phi) is 9.13. The smallest absolute Gasteiger partial charge is 0.231 e. The fourth-order valence-corrected chi connectivity index (χ4v) is 5.07. The second-order valence-corrected chi connectivity index (χ2v) is 7.92. The summed E-state index contributed by atoms with van der Waals surface area (Å²) in [7, 11) is 5.77. The highest BCUT2D eigenvalue weighted by molar-refractivity contribution is 8.77. The van der Waals surface area contributed by atoms with Crippen molar-refractivity contribution in [2.24, 2.45) is 5.73 Å². The summed E-state index contributed by atoms with van der Waals surface area (Å²) in [4.78, 5) is 24.1. The van der Waals surface area contributed by atoms with Crippen LogP contribution in [0.5, 0.6) is 0 Å². The van der Waals surface area contributed by atoms with Gasteiger partial charge in [0.2, 0.25) is 11.8 Å². The predicted molar refractivity (Wildman–Crippen MR) is 86.6 cm³/mol. The Balaban J connectivity index is 1.93. The number of carbonyl (C=O) groups is 2. The van der Waals surface area contributed by atoms with Crippen LogP contribution in [-0.2, 0) is 9.59 Å². The molecule has 2 amide bonds. The van der Waals surface area contributed by atoms with E-state index in [1.54, 1.807) is 4.90 Å². The SMILES string of the molecule is CN(CCNC(=O)CCCC[C@@H]1CCSS1)CC(N)=O. The van der Waals surface area contributed by atoms with Crippen LogP contribution in [0.3, 0.4) is 0 Å². The fraction of sp³-hybridized carbons (Fsp3) is 0.846. The molecule has 0 radical (unpaired) electrons.